The molecule has 18 heavy (non-hydrogen) atoms. The first kappa shape index (κ1) is 11.4. The number of aliphatic hydroxyl groups is 1. The van der Waals surface area contributed by atoms with Gasteiger partial charge in [-0.15, -0.1) is 0 Å². The molecule has 94 valence electrons. The summed E-state index contributed by atoms with van der Waals surface area (Å²) in [5.74, 6) is 0.0251. The van der Waals surface area contributed by atoms with Gasteiger partial charge >= 0.3 is 0 Å². The first-order valence-corrected chi connectivity index (χ1v) is 5.58. The van der Waals surface area contributed by atoms with Gasteiger partial charge in [0.25, 0.3) is 0 Å². The summed E-state index contributed by atoms with van der Waals surface area (Å²) in [7, 11) is 0. The number of nitrogens with zero attached hydrogens (tertiary/aromatic N) is 4. The maximum absolute atomic E-state index is 13.6. The lowest BCUT2D eigenvalue weighted by molar-refractivity contribution is 0.170. The molecule has 3 N–H and O–H groups in total. The van der Waals surface area contributed by atoms with Crippen molar-refractivity contribution >= 4 is 34.9 Å². The van der Waals surface area contributed by atoms with E-state index in [2.05, 4.69) is 15.0 Å². The molecule has 1 atom stereocenters. The van der Waals surface area contributed by atoms with Crippen LogP contribution < -0.4 is 5.73 Å². The number of hydrogen-bond donors (Lipinski definition) is 2. The van der Waals surface area contributed by atoms with Crippen molar-refractivity contribution in [2.24, 2.45) is 0 Å². The molecule has 0 radical (unpaired) electrons. The maximum atomic E-state index is 13.6. The van der Waals surface area contributed by atoms with Gasteiger partial charge in [0.1, 0.15) is 11.8 Å². The van der Waals surface area contributed by atoms with Crippen molar-refractivity contribution in [3.8, 4) is 0 Å². The zero-order chi connectivity index (χ0) is 12.9. The molecule has 0 saturated heterocycles. The number of rotatable bonds is 2. The predicted octanol–water partition coefficient (Wildman–Crippen LogP) is 1.01. The van der Waals surface area contributed by atoms with Crippen LogP contribution in [0.2, 0.25) is 5.15 Å². The molecular weight excluding hydrogens is 261 g/mol. The lowest BCUT2D eigenvalue weighted by Gasteiger charge is -1.99. The molecule has 3 rings (SSSR count). The highest BCUT2D eigenvalue weighted by Gasteiger charge is 2.49. The SMILES string of the molecule is Nc1nc(Cl)c2ncn(/C=C3/CC3(F)CO)c2n1. The topological polar surface area (TPSA) is 89.8 Å². The fourth-order valence-electron chi connectivity index (χ4n) is 1.74. The maximum Gasteiger partial charge on any atom is 0.223 e. The molecule has 2 aromatic rings. The lowest BCUT2D eigenvalue weighted by atomic mass is 10.4. The summed E-state index contributed by atoms with van der Waals surface area (Å²) in [5.41, 5.74) is 5.18. The predicted molar refractivity (Wildman–Crippen MR) is 64.6 cm³/mol. The van der Waals surface area contributed by atoms with Crippen LogP contribution in [0.4, 0.5) is 10.3 Å². The first-order valence-electron chi connectivity index (χ1n) is 5.20. The second-order valence-electron chi connectivity index (χ2n) is 4.15. The van der Waals surface area contributed by atoms with Gasteiger partial charge in [0.15, 0.2) is 16.5 Å². The van der Waals surface area contributed by atoms with E-state index < -0.39 is 12.3 Å². The van der Waals surface area contributed by atoms with Crippen LogP contribution in [0.5, 0.6) is 0 Å². The summed E-state index contributed by atoms with van der Waals surface area (Å²) < 4.78 is 15.1. The normalized spacial score (nSPS) is 24.9. The third-order valence-electron chi connectivity index (χ3n) is 2.86. The van der Waals surface area contributed by atoms with Crippen LogP contribution >= 0.6 is 11.6 Å². The number of nitrogen functional groups attached to an aromatic ring is 1. The average Bonchev–Trinajstić information content (AvgIpc) is 2.78. The number of anilines is 1. The summed E-state index contributed by atoms with van der Waals surface area (Å²) in [6.45, 7) is -0.524. The van der Waals surface area contributed by atoms with E-state index in [0.29, 0.717) is 16.7 Å². The summed E-state index contributed by atoms with van der Waals surface area (Å²) in [5, 5.41) is 9.01. The van der Waals surface area contributed by atoms with Gasteiger partial charge in [-0.25, -0.2) is 9.37 Å². The third kappa shape index (κ3) is 1.63. The Balaban J connectivity index is 2.10. The number of aromatic nitrogens is 4. The van der Waals surface area contributed by atoms with E-state index in [1.165, 1.54) is 17.1 Å². The molecular formula is C10H9ClFN5O. The minimum absolute atomic E-state index is 0.0251. The number of fused-ring (bicyclic) bond motifs is 1. The fraction of sp³-hybridized carbons (Fsp3) is 0.300. The Morgan fingerprint density at radius 1 is 1.61 bits per heavy atom. The monoisotopic (exact) mass is 269 g/mol. The second kappa shape index (κ2) is 3.63. The number of halogens is 2. The number of aliphatic hydroxyl groups excluding tert-OH is 1. The molecule has 0 aliphatic heterocycles. The zero-order valence-corrected chi connectivity index (χ0v) is 9.89. The van der Waals surface area contributed by atoms with Crippen molar-refractivity contribution < 1.29 is 9.50 Å². The summed E-state index contributed by atoms with van der Waals surface area (Å²) in [4.78, 5) is 11.8. The Kier molecular flexibility index (Phi) is 2.29. The molecule has 1 unspecified atom stereocenters. The van der Waals surface area contributed by atoms with E-state index in [0.717, 1.165) is 0 Å². The molecule has 8 heteroatoms. The largest absolute Gasteiger partial charge is 0.393 e. The van der Waals surface area contributed by atoms with Gasteiger partial charge < -0.3 is 10.8 Å². The van der Waals surface area contributed by atoms with Crippen LogP contribution in [0.25, 0.3) is 17.4 Å². The Bertz CT molecular complexity index is 670. The summed E-state index contributed by atoms with van der Waals surface area (Å²) in [6.07, 6.45) is 3.19. The Labute approximate surface area is 106 Å². The summed E-state index contributed by atoms with van der Waals surface area (Å²) in [6, 6.07) is 0. The molecule has 2 aromatic heterocycles. The highest BCUT2D eigenvalue weighted by atomic mass is 35.5. The van der Waals surface area contributed by atoms with Gasteiger partial charge in [0, 0.05) is 12.6 Å². The van der Waals surface area contributed by atoms with E-state index in [-0.39, 0.29) is 17.5 Å². The van der Waals surface area contributed by atoms with Crippen LogP contribution in [0.3, 0.4) is 0 Å². The van der Waals surface area contributed by atoms with Crippen LogP contribution in [0.1, 0.15) is 6.42 Å². The van der Waals surface area contributed by atoms with Crippen LogP contribution in [-0.2, 0) is 0 Å². The van der Waals surface area contributed by atoms with Gasteiger partial charge in [0.05, 0.1) is 6.61 Å². The van der Waals surface area contributed by atoms with Gasteiger partial charge in [-0.2, -0.15) is 9.97 Å². The van der Waals surface area contributed by atoms with E-state index in [4.69, 9.17) is 22.4 Å². The van der Waals surface area contributed by atoms with Crippen LogP contribution in [0.15, 0.2) is 11.9 Å². The van der Waals surface area contributed by atoms with E-state index >= 15 is 0 Å². The van der Waals surface area contributed by atoms with Gasteiger partial charge in [-0.3, -0.25) is 4.57 Å². The lowest BCUT2D eigenvalue weighted by Crippen LogP contribution is -2.06. The van der Waals surface area contributed by atoms with E-state index in [9.17, 15) is 4.39 Å². The second-order valence-corrected chi connectivity index (χ2v) is 4.51. The van der Waals surface area contributed by atoms with Crippen molar-refractivity contribution in [2.75, 3.05) is 12.3 Å². The van der Waals surface area contributed by atoms with Crippen molar-refractivity contribution in [3.63, 3.8) is 0 Å². The molecule has 1 saturated carbocycles. The molecule has 0 spiro atoms. The molecule has 0 amide bonds. The smallest absolute Gasteiger partial charge is 0.223 e. The third-order valence-corrected chi connectivity index (χ3v) is 3.13. The molecule has 2 heterocycles. The molecule has 1 fully saturated rings. The Hall–Kier alpha value is -1.73. The molecule has 1 aliphatic carbocycles. The highest BCUT2D eigenvalue weighted by Crippen LogP contribution is 2.46. The average molecular weight is 270 g/mol. The zero-order valence-electron chi connectivity index (χ0n) is 9.14. The van der Waals surface area contributed by atoms with Crippen LogP contribution in [0, 0.1) is 0 Å². The Morgan fingerprint density at radius 2 is 2.39 bits per heavy atom. The fourth-order valence-corrected chi connectivity index (χ4v) is 1.96. The van der Waals surface area contributed by atoms with Crippen molar-refractivity contribution in [1.29, 1.82) is 0 Å². The summed E-state index contributed by atoms with van der Waals surface area (Å²) >= 11 is 5.87. The van der Waals surface area contributed by atoms with Gasteiger partial charge in [0.2, 0.25) is 5.95 Å². The molecule has 0 bridgehead atoms. The quantitative estimate of drug-likeness (QED) is 0.794. The minimum atomic E-state index is -1.61. The number of nitrogens with two attached hydrogens (primary N) is 1. The number of hydrogen-bond acceptors (Lipinski definition) is 5. The molecule has 1 aliphatic rings. The standard InChI is InChI=1S/C10H9ClFN5O/c11-7-6-8(16-9(13)15-7)17(4-14-6)2-5-1-10(5,12)3-18/h2,4,18H,1,3H2,(H2,13,15,16)/b5-2-. The van der Waals surface area contributed by atoms with Crippen molar-refractivity contribution in [3.05, 3.63) is 17.1 Å². The van der Waals surface area contributed by atoms with Gasteiger partial charge in [-0.1, -0.05) is 11.6 Å². The number of imidazole rings is 1. The van der Waals surface area contributed by atoms with Crippen molar-refractivity contribution in [1.82, 2.24) is 19.5 Å². The van der Waals surface area contributed by atoms with Gasteiger partial charge in [-0.05, 0) is 5.57 Å². The van der Waals surface area contributed by atoms with Crippen molar-refractivity contribution in [2.45, 2.75) is 12.1 Å². The van der Waals surface area contributed by atoms with E-state index in [1.54, 1.807) is 0 Å². The molecule has 0 aromatic carbocycles. The minimum Gasteiger partial charge on any atom is -0.393 e. The van der Waals surface area contributed by atoms with E-state index in [1.807, 2.05) is 0 Å². The first-order chi connectivity index (χ1) is 8.53. The molecule has 6 nitrogen and oxygen atoms in total. The highest BCUT2D eigenvalue weighted by molar-refractivity contribution is 6.33. The number of alkyl halides is 1. The Morgan fingerprint density at radius 3 is 3.06 bits per heavy atom. The van der Waals surface area contributed by atoms with Crippen LogP contribution in [-0.4, -0.2) is 36.9 Å².